The molecule has 2 heterocycles. The maximum atomic E-state index is 14.5. The second-order valence-electron chi connectivity index (χ2n) is 17.8. The monoisotopic (exact) mass is 969 g/mol. The SMILES string of the molecule is [C-]#[N+]c1cc(C#N)c(-c2ccc3c(c2)c2ccccc2n3-c2ccc(-c3cc(C)cc(C(F)(F)F)c3)cc2-c2cc(C#N)ccc2-n2c3ccccc3c3cc(-c4c(C#N)cc(C#N)cc4[N+]#[C-])ccc32)c([N+]#[C-])c1. The molecule has 0 aliphatic rings. The lowest BCUT2D eigenvalue weighted by molar-refractivity contribution is -0.137. The van der Waals surface area contributed by atoms with Crippen LogP contribution >= 0.6 is 0 Å². The molecule has 0 fully saturated rings. The Labute approximate surface area is 426 Å². The Bertz CT molecular complexity index is 4570. The topological polar surface area (TPSA) is 118 Å². The van der Waals surface area contributed by atoms with Gasteiger partial charge in [-0.2, -0.15) is 34.2 Å². The first kappa shape index (κ1) is 46.2. The molecule has 75 heavy (non-hydrogen) atoms. The zero-order valence-corrected chi connectivity index (χ0v) is 39.2. The van der Waals surface area contributed by atoms with E-state index < -0.39 is 11.7 Å². The molecule has 348 valence electrons. The number of fused-ring (bicyclic) bond motifs is 6. The number of halogens is 3. The molecular weight excluding hydrogens is 940 g/mol. The average molecular weight is 970 g/mol. The van der Waals surface area contributed by atoms with Crippen molar-refractivity contribution in [2.24, 2.45) is 0 Å². The van der Waals surface area contributed by atoms with E-state index in [0.29, 0.717) is 67.0 Å². The van der Waals surface area contributed by atoms with E-state index in [1.54, 1.807) is 31.2 Å². The summed E-state index contributed by atoms with van der Waals surface area (Å²) in [5.74, 6) is 0. The Kier molecular flexibility index (Phi) is 11.0. The summed E-state index contributed by atoms with van der Waals surface area (Å²) in [5, 5.41) is 44.0. The Hall–Kier alpha value is -11.2. The number of nitriles is 4. The summed E-state index contributed by atoms with van der Waals surface area (Å²) in [6, 6.07) is 56.1. The van der Waals surface area contributed by atoms with Crippen LogP contribution in [0, 0.1) is 72.0 Å². The number of aryl methyl sites for hydroxylation is 1. The molecule has 0 radical (unpaired) electrons. The molecule has 12 heteroatoms. The van der Waals surface area contributed by atoms with Crippen molar-refractivity contribution < 1.29 is 13.2 Å². The maximum absolute atomic E-state index is 14.5. The van der Waals surface area contributed by atoms with Gasteiger partial charge in [-0.3, -0.25) is 0 Å². The van der Waals surface area contributed by atoms with Gasteiger partial charge in [0.1, 0.15) is 0 Å². The number of para-hydroxylation sites is 2. The predicted molar refractivity (Wildman–Crippen MR) is 284 cm³/mol. The number of benzene rings is 9. The second kappa shape index (κ2) is 17.9. The summed E-state index contributed by atoms with van der Waals surface area (Å²) in [6.07, 6.45) is -4.62. The van der Waals surface area contributed by atoms with E-state index in [4.69, 9.17) is 19.7 Å². The number of nitrogens with zero attached hydrogens (tertiary/aromatic N) is 9. The molecule has 0 saturated heterocycles. The van der Waals surface area contributed by atoms with Crippen molar-refractivity contribution in [3.05, 3.63) is 231 Å². The summed E-state index contributed by atoms with van der Waals surface area (Å²) in [4.78, 5) is 10.9. The number of rotatable bonds is 6. The molecule has 0 aliphatic carbocycles. The van der Waals surface area contributed by atoms with Crippen LogP contribution < -0.4 is 0 Å². The van der Waals surface area contributed by atoms with E-state index in [9.17, 15) is 34.2 Å². The number of aromatic nitrogens is 2. The van der Waals surface area contributed by atoms with Crippen molar-refractivity contribution in [3.63, 3.8) is 0 Å². The fourth-order valence-corrected chi connectivity index (χ4v) is 10.4. The third kappa shape index (κ3) is 7.60. The summed E-state index contributed by atoms with van der Waals surface area (Å²) in [5.41, 5.74) is 9.15. The minimum Gasteiger partial charge on any atom is -0.309 e. The van der Waals surface area contributed by atoms with E-state index in [2.05, 4.69) is 41.9 Å². The van der Waals surface area contributed by atoms with Gasteiger partial charge in [-0.15, -0.1) is 0 Å². The summed E-state index contributed by atoms with van der Waals surface area (Å²) >= 11 is 0. The van der Waals surface area contributed by atoms with Crippen molar-refractivity contribution in [1.82, 2.24) is 9.13 Å². The van der Waals surface area contributed by atoms with Gasteiger partial charge < -0.3 is 9.13 Å². The van der Waals surface area contributed by atoms with E-state index in [1.165, 1.54) is 24.3 Å². The fourth-order valence-electron chi connectivity index (χ4n) is 10.4. The van der Waals surface area contributed by atoms with Crippen LogP contribution in [0.25, 0.3) is 114 Å². The van der Waals surface area contributed by atoms with E-state index in [-0.39, 0.29) is 33.8 Å². The molecule has 0 N–H and O–H groups in total. The highest BCUT2D eigenvalue weighted by Gasteiger charge is 2.31. The largest absolute Gasteiger partial charge is 0.416 e. The molecule has 9 aromatic carbocycles. The van der Waals surface area contributed by atoms with Crippen molar-refractivity contribution in [2.45, 2.75) is 13.1 Å². The van der Waals surface area contributed by atoms with E-state index in [1.807, 2.05) is 109 Å². The van der Waals surface area contributed by atoms with Crippen LogP contribution in [0.4, 0.5) is 30.2 Å². The van der Waals surface area contributed by atoms with Gasteiger partial charge in [0, 0.05) is 54.9 Å². The van der Waals surface area contributed by atoms with Crippen LogP contribution in [0.5, 0.6) is 0 Å². The van der Waals surface area contributed by atoms with Gasteiger partial charge in [0.25, 0.3) is 0 Å². The lowest BCUT2D eigenvalue weighted by atomic mass is 9.93. The molecular formula is C63H30F3N9. The Morgan fingerprint density at radius 1 is 0.440 bits per heavy atom. The normalized spacial score (nSPS) is 11.1. The smallest absolute Gasteiger partial charge is 0.309 e. The second-order valence-corrected chi connectivity index (χ2v) is 17.8. The molecule has 2 aromatic heterocycles. The van der Waals surface area contributed by atoms with Crippen molar-refractivity contribution >= 4 is 60.7 Å². The molecule has 9 nitrogen and oxygen atoms in total. The zero-order valence-electron chi connectivity index (χ0n) is 39.2. The highest BCUT2D eigenvalue weighted by molar-refractivity contribution is 6.13. The van der Waals surface area contributed by atoms with Crippen LogP contribution in [0.2, 0.25) is 0 Å². The average Bonchev–Trinajstić information content (AvgIpc) is 3.98. The van der Waals surface area contributed by atoms with E-state index >= 15 is 0 Å². The zero-order chi connectivity index (χ0) is 52.3. The maximum Gasteiger partial charge on any atom is 0.416 e. The molecule has 11 rings (SSSR count). The lowest BCUT2D eigenvalue weighted by Crippen LogP contribution is -2.05. The Balaban J connectivity index is 1.22. The summed E-state index contributed by atoms with van der Waals surface area (Å²) < 4.78 is 47.5. The standard InChI is InChI=1S/C63H30F3N9/c1-36-21-42(26-45(22-36)63(64,65)66)39-14-18-60(75-56-12-8-6-10-48(56)51-30-41(16-20-59(51)75)62-44(35-70)27-46(71-2)31-54(62)73-4)52(28-39)49-24-37(32-67)13-17-57(49)74-55-11-7-5-9-47(55)50-29-40(15-19-58(50)74)61-43(34-69)23-38(33-68)25-53(61)72-3/h5-31H,1H3. The van der Waals surface area contributed by atoms with Gasteiger partial charge in [-0.1, -0.05) is 66.7 Å². The molecule has 0 bridgehead atoms. The third-order valence-electron chi connectivity index (χ3n) is 13.5. The van der Waals surface area contributed by atoms with Crippen LogP contribution in [0.3, 0.4) is 0 Å². The minimum absolute atomic E-state index is 0.156. The lowest BCUT2D eigenvalue weighted by Gasteiger charge is -2.20. The first-order chi connectivity index (χ1) is 36.4. The first-order valence-corrected chi connectivity index (χ1v) is 23.0. The minimum atomic E-state index is -4.62. The van der Waals surface area contributed by atoms with Crippen LogP contribution in [0.15, 0.2) is 164 Å². The Morgan fingerprint density at radius 2 is 0.960 bits per heavy atom. The summed E-state index contributed by atoms with van der Waals surface area (Å²) in [6.45, 7) is 25.2. The highest BCUT2D eigenvalue weighted by atomic mass is 19.4. The van der Waals surface area contributed by atoms with Gasteiger partial charge in [0.15, 0.2) is 17.1 Å². The van der Waals surface area contributed by atoms with Crippen LogP contribution in [-0.4, -0.2) is 9.13 Å². The van der Waals surface area contributed by atoms with Crippen molar-refractivity contribution in [1.29, 1.82) is 21.0 Å². The summed E-state index contributed by atoms with van der Waals surface area (Å²) in [7, 11) is 0. The molecule has 0 saturated carbocycles. The van der Waals surface area contributed by atoms with Crippen molar-refractivity contribution in [2.75, 3.05) is 0 Å². The molecule has 11 aromatic rings. The van der Waals surface area contributed by atoms with Gasteiger partial charge in [-0.05, 0) is 132 Å². The Morgan fingerprint density at radius 3 is 1.51 bits per heavy atom. The van der Waals surface area contributed by atoms with Gasteiger partial charge in [0.2, 0.25) is 0 Å². The molecule has 0 unspecified atom stereocenters. The predicted octanol–water partition coefficient (Wildman–Crippen LogP) is 17.0. The van der Waals surface area contributed by atoms with Gasteiger partial charge in [-0.25, -0.2) is 14.5 Å². The number of hydrogen-bond acceptors (Lipinski definition) is 4. The quantitative estimate of drug-likeness (QED) is 0.154. The van der Waals surface area contributed by atoms with Crippen molar-refractivity contribution in [3.8, 4) is 80.2 Å². The van der Waals surface area contributed by atoms with Gasteiger partial charge >= 0.3 is 6.18 Å². The van der Waals surface area contributed by atoms with Crippen LogP contribution in [-0.2, 0) is 6.18 Å². The highest BCUT2D eigenvalue weighted by Crippen LogP contribution is 2.46. The first-order valence-electron chi connectivity index (χ1n) is 23.0. The molecule has 0 atom stereocenters. The molecule has 0 aliphatic heterocycles. The molecule has 0 spiro atoms. The van der Waals surface area contributed by atoms with Gasteiger partial charge in [0.05, 0.1) is 94.1 Å². The number of alkyl halides is 3. The number of hydrogen-bond donors (Lipinski definition) is 0. The fraction of sp³-hybridized carbons (Fsp3) is 0.0317. The third-order valence-corrected chi connectivity index (χ3v) is 13.5. The van der Waals surface area contributed by atoms with E-state index in [0.717, 1.165) is 55.7 Å². The van der Waals surface area contributed by atoms with Crippen LogP contribution in [0.1, 0.15) is 33.4 Å². The molecule has 0 amide bonds.